The predicted molar refractivity (Wildman–Crippen MR) is 105 cm³/mol. The van der Waals surface area contributed by atoms with E-state index in [0.717, 1.165) is 12.8 Å². The highest BCUT2D eigenvalue weighted by Crippen LogP contribution is 2.18. The van der Waals surface area contributed by atoms with Gasteiger partial charge in [-0.15, -0.1) is 0 Å². The van der Waals surface area contributed by atoms with Gasteiger partial charge >= 0.3 is 0 Å². The van der Waals surface area contributed by atoms with Crippen LogP contribution < -0.4 is 10.6 Å². The Labute approximate surface area is 151 Å². The lowest BCUT2D eigenvalue weighted by Gasteiger charge is -2.18. The maximum absolute atomic E-state index is 12.2. The van der Waals surface area contributed by atoms with Gasteiger partial charge in [-0.05, 0) is 49.7 Å². The van der Waals surface area contributed by atoms with Crippen LogP contribution in [0.1, 0.15) is 40.0 Å². The summed E-state index contributed by atoms with van der Waals surface area (Å²) in [6.07, 6.45) is 3.41. The average molecular weight is 372 g/mol. The average Bonchev–Trinajstić information content (AvgIpc) is 2.46. The molecule has 0 saturated heterocycles. The molecule has 0 amide bonds. The van der Waals surface area contributed by atoms with Crippen molar-refractivity contribution in [1.82, 2.24) is 9.62 Å². The van der Waals surface area contributed by atoms with E-state index in [0.29, 0.717) is 16.7 Å². The first-order valence-electron chi connectivity index (χ1n) is 8.23. The van der Waals surface area contributed by atoms with E-state index >= 15 is 0 Å². The molecule has 1 aromatic rings. The summed E-state index contributed by atoms with van der Waals surface area (Å²) in [7, 11) is -0.420. The van der Waals surface area contributed by atoms with Gasteiger partial charge in [-0.2, -0.15) is 0 Å². The molecule has 2 N–H and O–H groups in total. The molecule has 0 fully saturated rings. The van der Waals surface area contributed by atoms with Crippen molar-refractivity contribution < 1.29 is 8.42 Å². The second-order valence-corrected chi connectivity index (χ2v) is 9.20. The molecule has 0 spiro atoms. The van der Waals surface area contributed by atoms with Crippen LogP contribution in [0.25, 0.3) is 0 Å². The minimum absolute atomic E-state index is 0.241. The number of sulfonamides is 1. The normalized spacial score (nSPS) is 13.1. The van der Waals surface area contributed by atoms with Gasteiger partial charge in [0.2, 0.25) is 10.0 Å². The van der Waals surface area contributed by atoms with Crippen molar-refractivity contribution in [3.63, 3.8) is 0 Å². The Kier molecular flexibility index (Phi) is 8.12. The molecule has 0 aliphatic heterocycles. The minimum Gasteiger partial charge on any atom is -0.360 e. The van der Waals surface area contributed by atoms with E-state index in [4.69, 9.17) is 12.2 Å². The van der Waals surface area contributed by atoms with Crippen molar-refractivity contribution in [3.05, 3.63) is 24.3 Å². The van der Waals surface area contributed by atoms with E-state index in [1.165, 1.54) is 24.8 Å². The molecular weight excluding hydrogens is 342 g/mol. The highest BCUT2D eigenvalue weighted by molar-refractivity contribution is 7.89. The molecule has 0 heterocycles. The summed E-state index contributed by atoms with van der Waals surface area (Å²) in [5.74, 6) is 0.712. The van der Waals surface area contributed by atoms with Crippen molar-refractivity contribution in [1.29, 1.82) is 0 Å². The molecule has 136 valence electrons. The Bertz CT molecular complexity index is 643. The van der Waals surface area contributed by atoms with Crippen LogP contribution in [-0.4, -0.2) is 38.0 Å². The first kappa shape index (κ1) is 20.9. The summed E-state index contributed by atoms with van der Waals surface area (Å²) in [5.41, 5.74) is 0.657. The molecule has 0 unspecified atom stereocenters. The van der Waals surface area contributed by atoms with Crippen molar-refractivity contribution >= 4 is 33.0 Å². The lowest BCUT2D eigenvalue weighted by Crippen LogP contribution is -2.35. The van der Waals surface area contributed by atoms with Crippen molar-refractivity contribution in [2.24, 2.45) is 5.92 Å². The molecular formula is C17H29N3O2S2. The highest BCUT2D eigenvalue weighted by Gasteiger charge is 2.17. The van der Waals surface area contributed by atoms with Gasteiger partial charge < -0.3 is 10.6 Å². The lowest BCUT2D eigenvalue weighted by atomic mass is 10.0. The molecule has 0 aromatic heterocycles. The van der Waals surface area contributed by atoms with Gasteiger partial charge in [-0.1, -0.05) is 32.8 Å². The quantitative estimate of drug-likeness (QED) is 0.686. The van der Waals surface area contributed by atoms with E-state index in [-0.39, 0.29) is 10.9 Å². The third-order valence-corrected chi connectivity index (χ3v) is 5.70. The van der Waals surface area contributed by atoms with E-state index in [1.807, 2.05) is 0 Å². The number of benzene rings is 1. The van der Waals surface area contributed by atoms with E-state index in [1.54, 1.807) is 24.3 Å². The summed E-state index contributed by atoms with van der Waals surface area (Å²) >= 11 is 5.32. The van der Waals surface area contributed by atoms with Gasteiger partial charge in [0.05, 0.1) is 4.90 Å². The Hall–Kier alpha value is -1.18. The summed E-state index contributed by atoms with van der Waals surface area (Å²) < 4.78 is 25.5. The zero-order valence-corrected chi connectivity index (χ0v) is 16.8. The standard InChI is InChI=1S/C17H29N3O2S2/c1-13(2)8-6-9-14(3)18-17(23)19-15-10-7-11-16(12-15)24(21,22)20(4)5/h7,10-14H,6,8-9H2,1-5H3,(H2,18,19,23)/t14-/m0/s1. The predicted octanol–water partition coefficient (Wildman–Crippen LogP) is 3.44. The highest BCUT2D eigenvalue weighted by atomic mass is 32.2. The zero-order chi connectivity index (χ0) is 18.3. The Balaban J connectivity index is 2.62. The van der Waals surface area contributed by atoms with Gasteiger partial charge in [0.1, 0.15) is 0 Å². The summed E-state index contributed by atoms with van der Waals surface area (Å²) in [6.45, 7) is 6.54. The van der Waals surface area contributed by atoms with Crippen molar-refractivity contribution in [2.45, 2.75) is 51.0 Å². The molecule has 7 heteroatoms. The molecule has 24 heavy (non-hydrogen) atoms. The SMILES string of the molecule is CC(C)CCC[C@H](C)NC(=S)Nc1cccc(S(=O)(=O)N(C)C)c1. The van der Waals surface area contributed by atoms with Gasteiger partial charge in [0.25, 0.3) is 0 Å². The van der Waals surface area contributed by atoms with E-state index in [9.17, 15) is 8.42 Å². The van der Waals surface area contributed by atoms with E-state index < -0.39 is 10.0 Å². The van der Waals surface area contributed by atoms with Crippen molar-refractivity contribution in [3.8, 4) is 0 Å². The smallest absolute Gasteiger partial charge is 0.242 e. The molecule has 0 saturated carbocycles. The van der Waals surface area contributed by atoms with Crippen LogP contribution in [0.4, 0.5) is 5.69 Å². The van der Waals surface area contributed by atoms with Gasteiger partial charge in [0.15, 0.2) is 5.11 Å². The Morgan fingerprint density at radius 1 is 1.21 bits per heavy atom. The Morgan fingerprint density at radius 3 is 2.46 bits per heavy atom. The third-order valence-electron chi connectivity index (χ3n) is 3.67. The lowest BCUT2D eigenvalue weighted by molar-refractivity contribution is 0.495. The largest absolute Gasteiger partial charge is 0.360 e. The van der Waals surface area contributed by atoms with Crippen molar-refractivity contribution in [2.75, 3.05) is 19.4 Å². The molecule has 0 radical (unpaired) electrons. The first-order valence-corrected chi connectivity index (χ1v) is 10.1. The number of nitrogens with one attached hydrogen (secondary N) is 2. The van der Waals surface area contributed by atoms with Crippen LogP contribution >= 0.6 is 12.2 Å². The summed E-state index contributed by atoms with van der Waals surface area (Å²) in [5, 5.41) is 6.81. The number of thiocarbonyl (C=S) groups is 1. The molecule has 0 aliphatic rings. The molecule has 1 aromatic carbocycles. The minimum atomic E-state index is -3.45. The Morgan fingerprint density at radius 2 is 1.88 bits per heavy atom. The molecule has 0 aliphatic carbocycles. The van der Waals surface area contributed by atoms with Gasteiger partial charge in [0, 0.05) is 25.8 Å². The van der Waals surface area contributed by atoms with Crippen LogP contribution in [0.3, 0.4) is 0 Å². The molecule has 1 atom stereocenters. The van der Waals surface area contributed by atoms with Crippen LogP contribution in [0.2, 0.25) is 0 Å². The topological polar surface area (TPSA) is 61.4 Å². The third kappa shape index (κ3) is 6.75. The fourth-order valence-electron chi connectivity index (χ4n) is 2.24. The number of anilines is 1. The van der Waals surface area contributed by atoms with Crippen LogP contribution in [0.5, 0.6) is 0 Å². The fourth-order valence-corrected chi connectivity index (χ4v) is 3.51. The monoisotopic (exact) mass is 371 g/mol. The van der Waals surface area contributed by atoms with E-state index in [2.05, 4.69) is 31.4 Å². The van der Waals surface area contributed by atoms with Crippen LogP contribution in [0.15, 0.2) is 29.2 Å². The molecule has 0 bridgehead atoms. The maximum Gasteiger partial charge on any atom is 0.242 e. The number of hydrogen-bond acceptors (Lipinski definition) is 3. The second-order valence-electron chi connectivity index (χ2n) is 6.64. The summed E-state index contributed by atoms with van der Waals surface area (Å²) in [6, 6.07) is 6.94. The van der Waals surface area contributed by atoms with Gasteiger partial charge in [-0.25, -0.2) is 12.7 Å². The van der Waals surface area contributed by atoms with Crippen LogP contribution in [-0.2, 0) is 10.0 Å². The number of rotatable bonds is 8. The first-order chi connectivity index (χ1) is 11.1. The zero-order valence-electron chi connectivity index (χ0n) is 15.2. The molecule has 1 rings (SSSR count). The summed E-state index contributed by atoms with van der Waals surface area (Å²) in [4.78, 5) is 0.241. The van der Waals surface area contributed by atoms with Gasteiger partial charge in [-0.3, -0.25) is 0 Å². The molecule has 5 nitrogen and oxygen atoms in total. The van der Waals surface area contributed by atoms with Crippen LogP contribution in [0, 0.1) is 5.92 Å². The fraction of sp³-hybridized carbons (Fsp3) is 0.588. The number of hydrogen-bond donors (Lipinski definition) is 2. The number of nitrogens with zero attached hydrogens (tertiary/aromatic N) is 1. The second kappa shape index (κ2) is 9.34. The maximum atomic E-state index is 12.2.